The first-order valence-corrected chi connectivity index (χ1v) is 12.3. The van der Waals surface area contributed by atoms with Gasteiger partial charge in [0.15, 0.2) is 0 Å². The molecule has 0 atom stereocenters. The molecule has 0 fully saturated rings. The molecule has 0 saturated heterocycles. The Kier molecular flexibility index (Phi) is 5.90. The van der Waals surface area contributed by atoms with Crippen LogP contribution in [0.2, 0.25) is 0 Å². The summed E-state index contributed by atoms with van der Waals surface area (Å²) in [6, 6.07) is 12.7. The molecule has 0 aliphatic carbocycles. The molecule has 5 aromatic carbocycles. The zero-order chi connectivity index (χ0) is 27.5. The highest BCUT2D eigenvalue weighted by molar-refractivity contribution is 6.38. The molecule has 5 aromatic rings. The summed E-state index contributed by atoms with van der Waals surface area (Å²) in [5.74, 6) is -3.09. The third-order valence-electron chi connectivity index (χ3n) is 6.69. The van der Waals surface area contributed by atoms with Gasteiger partial charge in [0, 0.05) is 34.0 Å². The van der Waals surface area contributed by atoms with Crippen LogP contribution in [-0.4, -0.2) is 46.0 Å². The highest BCUT2D eigenvalue weighted by atomic mass is 16.4. The van der Waals surface area contributed by atoms with E-state index in [-0.39, 0.29) is 46.2 Å². The Balaban J connectivity index is 2.00. The number of carbonyl (C=O) groups is 4. The third kappa shape index (κ3) is 3.76. The van der Waals surface area contributed by atoms with Crippen molar-refractivity contribution < 1.29 is 29.4 Å². The van der Waals surface area contributed by atoms with Gasteiger partial charge >= 0.3 is 11.9 Å². The number of hydrogen-bond donors (Lipinski definition) is 4. The summed E-state index contributed by atoms with van der Waals surface area (Å²) in [4.78, 5) is 50.8. The first kappa shape index (κ1) is 25.0. The lowest BCUT2D eigenvalue weighted by Gasteiger charge is -2.20. The number of fused-ring (bicyclic) bond motifs is 2. The number of benzene rings is 5. The van der Waals surface area contributed by atoms with E-state index in [0.29, 0.717) is 43.1 Å². The van der Waals surface area contributed by atoms with Gasteiger partial charge in [-0.3, -0.25) is 9.59 Å². The molecule has 0 aliphatic heterocycles. The van der Waals surface area contributed by atoms with Crippen molar-refractivity contribution in [2.24, 2.45) is 0 Å². The van der Waals surface area contributed by atoms with Gasteiger partial charge < -0.3 is 20.8 Å². The maximum absolute atomic E-state index is 13.1. The average Bonchev–Trinajstić information content (AvgIpc) is 2.84. The fourth-order valence-electron chi connectivity index (χ4n) is 5.30. The van der Waals surface area contributed by atoms with E-state index in [2.05, 4.69) is 10.6 Å². The van der Waals surface area contributed by atoms with E-state index < -0.39 is 11.9 Å². The van der Waals surface area contributed by atoms with Crippen molar-refractivity contribution in [3.63, 3.8) is 0 Å². The normalized spacial score (nSPS) is 11.7. The van der Waals surface area contributed by atoms with Gasteiger partial charge in [0.1, 0.15) is 0 Å². The summed E-state index contributed by atoms with van der Waals surface area (Å²) in [6.45, 7) is 7.30. The summed E-state index contributed by atoms with van der Waals surface area (Å²) < 4.78 is 0. The van der Waals surface area contributed by atoms with E-state index in [0.717, 1.165) is 0 Å². The van der Waals surface area contributed by atoms with E-state index >= 15 is 0 Å². The van der Waals surface area contributed by atoms with Crippen LogP contribution >= 0.6 is 0 Å². The van der Waals surface area contributed by atoms with Gasteiger partial charge in [-0.2, -0.15) is 0 Å². The Hall–Kier alpha value is -4.72. The van der Waals surface area contributed by atoms with Gasteiger partial charge in [0.05, 0.1) is 11.1 Å². The molecule has 8 heteroatoms. The number of rotatable bonds is 6. The number of hydrogen-bond acceptors (Lipinski definition) is 4. The Morgan fingerprint density at radius 1 is 0.500 bits per heavy atom. The fourth-order valence-corrected chi connectivity index (χ4v) is 5.30. The van der Waals surface area contributed by atoms with Crippen molar-refractivity contribution in [1.82, 2.24) is 10.6 Å². The molecular formula is C30H26N2O6. The molecule has 38 heavy (non-hydrogen) atoms. The van der Waals surface area contributed by atoms with Crippen LogP contribution in [0, 0.1) is 0 Å². The summed E-state index contributed by atoms with van der Waals surface area (Å²) in [5, 5.41) is 30.2. The zero-order valence-corrected chi connectivity index (χ0v) is 21.3. The van der Waals surface area contributed by atoms with Crippen LogP contribution in [-0.2, 0) is 0 Å². The lowest BCUT2D eigenvalue weighted by atomic mass is 9.84. The van der Waals surface area contributed by atoms with E-state index in [9.17, 15) is 29.4 Å². The van der Waals surface area contributed by atoms with Gasteiger partial charge in [-0.15, -0.1) is 0 Å². The minimum absolute atomic E-state index is 0.00529. The predicted molar refractivity (Wildman–Crippen MR) is 147 cm³/mol. The predicted octanol–water partition coefficient (Wildman–Crippen LogP) is 5.41. The lowest BCUT2D eigenvalue weighted by Crippen LogP contribution is -2.30. The minimum Gasteiger partial charge on any atom is -0.478 e. The van der Waals surface area contributed by atoms with Crippen LogP contribution in [0.15, 0.2) is 48.5 Å². The van der Waals surface area contributed by atoms with Gasteiger partial charge in [-0.25, -0.2) is 9.59 Å². The monoisotopic (exact) mass is 510 g/mol. The molecule has 8 nitrogen and oxygen atoms in total. The summed E-state index contributed by atoms with van der Waals surface area (Å²) in [6.07, 6.45) is 0. The quantitative estimate of drug-likeness (QED) is 0.178. The smallest absolute Gasteiger partial charge is 0.336 e. The van der Waals surface area contributed by atoms with Crippen molar-refractivity contribution in [1.29, 1.82) is 0 Å². The number of amides is 2. The molecule has 0 bridgehead atoms. The van der Waals surface area contributed by atoms with Crippen molar-refractivity contribution >= 4 is 66.8 Å². The van der Waals surface area contributed by atoms with Gasteiger partial charge in [-0.1, -0.05) is 24.3 Å². The summed E-state index contributed by atoms with van der Waals surface area (Å²) >= 11 is 0. The van der Waals surface area contributed by atoms with Crippen LogP contribution < -0.4 is 10.6 Å². The molecule has 0 radical (unpaired) electrons. The van der Waals surface area contributed by atoms with E-state index in [1.165, 1.54) is 12.1 Å². The summed E-state index contributed by atoms with van der Waals surface area (Å²) in [7, 11) is 0. The van der Waals surface area contributed by atoms with Gasteiger partial charge in [-0.05, 0) is 84.3 Å². The van der Waals surface area contributed by atoms with Crippen molar-refractivity contribution in [2.75, 3.05) is 0 Å². The van der Waals surface area contributed by atoms with Crippen LogP contribution in [0.4, 0.5) is 0 Å². The SMILES string of the molecule is CC(C)NC(=O)c1ccc2c3ccc(C(=O)O)c4c(C(=O)NC(C)C)ccc(c5ccc(C(=O)O)c1c52)c43. The minimum atomic E-state index is -1.16. The molecule has 0 aromatic heterocycles. The topological polar surface area (TPSA) is 133 Å². The highest BCUT2D eigenvalue weighted by Gasteiger charge is 2.26. The van der Waals surface area contributed by atoms with E-state index in [4.69, 9.17) is 0 Å². The average molecular weight is 511 g/mol. The number of carboxylic acid groups (broad SMARTS) is 2. The van der Waals surface area contributed by atoms with Crippen LogP contribution in [0.25, 0.3) is 43.1 Å². The first-order valence-electron chi connectivity index (χ1n) is 12.3. The largest absolute Gasteiger partial charge is 0.478 e. The summed E-state index contributed by atoms with van der Waals surface area (Å²) in [5.41, 5.74) is 0.474. The van der Waals surface area contributed by atoms with Gasteiger partial charge in [0.2, 0.25) is 0 Å². The Bertz CT molecular complexity index is 1670. The maximum Gasteiger partial charge on any atom is 0.336 e. The molecule has 0 heterocycles. The Morgan fingerprint density at radius 2 is 0.789 bits per heavy atom. The van der Waals surface area contributed by atoms with Crippen LogP contribution in [0.5, 0.6) is 0 Å². The van der Waals surface area contributed by atoms with E-state index in [1.54, 1.807) is 36.4 Å². The van der Waals surface area contributed by atoms with Crippen molar-refractivity contribution in [3.05, 3.63) is 70.8 Å². The molecule has 0 saturated carbocycles. The standard InChI is InChI=1S/C30H26N2O6/c1-13(2)31-27(33)19-9-5-15-18-8-12-22(30(37)38)26-20(28(34)32-14(3)4)10-6-16(24(18)26)17-7-11-21(29(35)36)25(19)23(15)17/h5-14H,1-4H3,(H,31,33)(H,32,34)(H,35,36)(H,37,38). The Morgan fingerprint density at radius 3 is 1.05 bits per heavy atom. The third-order valence-corrected chi connectivity index (χ3v) is 6.69. The number of nitrogens with one attached hydrogen (secondary N) is 2. The van der Waals surface area contributed by atoms with E-state index in [1.807, 2.05) is 27.7 Å². The fraction of sp³-hybridized carbons (Fsp3) is 0.200. The van der Waals surface area contributed by atoms with Crippen LogP contribution in [0.1, 0.15) is 69.1 Å². The molecule has 2 amide bonds. The second-order valence-corrected chi connectivity index (χ2v) is 10.0. The van der Waals surface area contributed by atoms with Crippen molar-refractivity contribution in [3.8, 4) is 0 Å². The number of aromatic carboxylic acids is 2. The molecule has 5 rings (SSSR count). The molecular weight excluding hydrogens is 484 g/mol. The zero-order valence-electron chi connectivity index (χ0n) is 21.3. The molecule has 4 N–H and O–H groups in total. The lowest BCUT2D eigenvalue weighted by molar-refractivity contribution is 0.0688. The molecule has 0 spiro atoms. The molecule has 0 unspecified atom stereocenters. The first-order chi connectivity index (χ1) is 18.0. The maximum atomic E-state index is 13.1. The Labute approximate surface area is 217 Å². The number of carboxylic acids is 2. The number of carbonyl (C=O) groups excluding carboxylic acids is 2. The second kappa shape index (κ2) is 8.99. The molecule has 0 aliphatic rings. The second-order valence-electron chi connectivity index (χ2n) is 10.0. The molecule has 192 valence electrons. The van der Waals surface area contributed by atoms with Gasteiger partial charge in [0.25, 0.3) is 11.8 Å². The van der Waals surface area contributed by atoms with Crippen LogP contribution in [0.3, 0.4) is 0 Å². The highest BCUT2D eigenvalue weighted by Crippen LogP contribution is 2.44. The van der Waals surface area contributed by atoms with Crippen molar-refractivity contribution in [2.45, 2.75) is 39.8 Å².